The van der Waals surface area contributed by atoms with Gasteiger partial charge in [-0.25, -0.2) is 4.98 Å². The molecule has 0 atom stereocenters. The van der Waals surface area contributed by atoms with E-state index in [1.807, 2.05) is 79.0 Å². The van der Waals surface area contributed by atoms with Crippen molar-refractivity contribution in [1.82, 2.24) is 14.1 Å². The number of benzene rings is 8. The van der Waals surface area contributed by atoms with Gasteiger partial charge in [0.2, 0.25) is 0 Å². The van der Waals surface area contributed by atoms with Gasteiger partial charge in [0.15, 0.2) is 0 Å². The molecule has 11 rings (SSSR count). The van der Waals surface area contributed by atoms with Crippen LogP contribution in [0.15, 0.2) is 212 Å². The average molecular weight is 926 g/mol. The Kier molecular flexibility index (Phi) is 8.27. The number of fused-ring (bicyclic) bond motifs is 4. The summed E-state index contributed by atoms with van der Waals surface area (Å²) in [5, 5.41) is 2.11. The molecular formula is C60H53N5OSi2. The molecular weight excluding hydrogens is 863 g/mol. The van der Waals surface area contributed by atoms with E-state index in [0.29, 0.717) is 28.2 Å². The van der Waals surface area contributed by atoms with Gasteiger partial charge in [-0.15, -0.1) is 0 Å². The van der Waals surface area contributed by atoms with Gasteiger partial charge in [0.1, 0.15) is 33.8 Å². The van der Waals surface area contributed by atoms with Crippen molar-refractivity contribution in [3.63, 3.8) is 0 Å². The van der Waals surface area contributed by atoms with Gasteiger partial charge in [-0.05, 0) is 81.9 Å². The van der Waals surface area contributed by atoms with Crippen molar-refractivity contribution in [3.8, 4) is 62.1 Å². The number of para-hydroxylation sites is 3. The first-order chi connectivity index (χ1) is 37.1. The second-order valence-electron chi connectivity index (χ2n) is 18.7. The van der Waals surface area contributed by atoms with Crippen molar-refractivity contribution in [2.75, 3.05) is 4.23 Å². The molecule has 332 valence electrons. The maximum atomic E-state index is 9.07. The molecule has 6 nitrogen and oxygen atoms in total. The second kappa shape index (κ2) is 17.1. The Bertz CT molecular complexity index is 4090. The van der Waals surface area contributed by atoms with Gasteiger partial charge in [-0.3, -0.25) is 13.7 Å². The van der Waals surface area contributed by atoms with Gasteiger partial charge in [0, 0.05) is 34.8 Å². The zero-order chi connectivity index (χ0) is 55.3. The lowest BCUT2D eigenvalue weighted by Gasteiger charge is -2.46. The van der Waals surface area contributed by atoms with E-state index in [4.69, 9.17) is 23.4 Å². The third-order valence-corrected chi connectivity index (χ3v) is 19.3. The lowest BCUT2D eigenvalue weighted by molar-refractivity contribution is -0.571. The minimum atomic E-state index is -1.82. The SMILES string of the molecule is [2H]c1c([2H])c([2H])c(-c2cccc(-c3c([2H])c([2H])c([2H])c([2H])c3[2H])c2-[n+]2[c-]n(-c3cccc(Oc4ccc5c6cc(-c7ccccc7)ccc6n(-c6cc(N([Si](C)(C)C)[Si](C)(C)C)ccn6)c5c4)c3)c3ccccc32)c([2H])c1[2H]. The Morgan fingerprint density at radius 3 is 1.91 bits per heavy atom. The molecule has 0 N–H and O–H groups in total. The van der Waals surface area contributed by atoms with Crippen LogP contribution < -0.4 is 13.5 Å². The summed E-state index contributed by atoms with van der Waals surface area (Å²) >= 11 is 0. The molecule has 0 aliphatic carbocycles. The molecule has 0 aliphatic rings. The van der Waals surface area contributed by atoms with E-state index in [2.05, 4.69) is 109 Å². The predicted molar refractivity (Wildman–Crippen MR) is 288 cm³/mol. The average Bonchev–Trinajstić information content (AvgIpc) is 4.11. The maximum absolute atomic E-state index is 9.07. The van der Waals surface area contributed by atoms with Crippen molar-refractivity contribution in [2.45, 2.75) is 39.3 Å². The quantitative estimate of drug-likeness (QED) is 0.0737. The Morgan fingerprint density at radius 2 is 1.21 bits per heavy atom. The highest BCUT2D eigenvalue weighted by atomic mass is 28.4. The zero-order valence-corrected chi connectivity index (χ0v) is 40.6. The molecule has 11 aromatic rings. The Morgan fingerprint density at radius 1 is 0.544 bits per heavy atom. The van der Waals surface area contributed by atoms with Crippen molar-refractivity contribution >= 4 is 55.0 Å². The summed E-state index contributed by atoms with van der Waals surface area (Å²) < 4.78 is 103. The van der Waals surface area contributed by atoms with E-state index >= 15 is 0 Å². The highest BCUT2D eigenvalue weighted by Gasteiger charge is 2.35. The number of anilines is 1. The Balaban J connectivity index is 1.07. The highest BCUT2D eigenvalue weighted by Crippen LogP contribution is 2.40. The van der Waals surface area contributed by atoms with Crippen LogP contribution in [0.25, 0.3) is 83.4 Å². The van der Waals surface area contributed by atoms with Crippen LogP contribution >= 0.6 is 0 Å². The predicted octanol–water partition coefficient (Wildman–Crippen LogP) is 15.5. The van der Waals surface area contributed by atoms with Gasteiger partial charge in [0.25, 0.3) is 6.33 Å². The largest absolute Gasteiger partial charge is 0.458 e. The summed E-state index contributed by atoms with van der Waals surface area (Å²) in [4.78, 5) is 5.03. The summed E-state index contributed by atoms with van der Waals surface area (Å²) in [5.74, 6) is 1.90. The summed E-state index contributed by atoms with van der Waals surface area (Å²) in [6.07, 6.45) is 5.38. The molecule has 0 unspecified atom stereocenters. The van der Waals surface area contributed by atoms with Crippen LogP contribution in [0.4, 0.5) is 5.69 Å². The monoisotopic (exact) mass is 925 g/mol. The van der Waals surface area contributed by atoms with E-state index in [-0.39, 0.29) is 27.9 Å². The molecule has 68 heavy (non-hydrogen) atoms. The van der Waals surface area contributed by atoms with E-state index in [1.54, 1.807) is 27.3 Å². The summed E-state index contributed by atoms with van der Waals surface area (Å²) in [7, 11) is -3.64. The van der Waals surface area contributed by atoms with Crippen molar-refractivity contribution in [2.24, 2.45) is 0 Å². The smallest absolute Gasteiger partial charge is 0.269 e. The number of ether oxygens (including phenoxy) is 1. The highest BCUT2D eigenvalue weighted by molar-refractivity contribution is 6.99. The first-order valence-corrected chi connectivity index (χ1v) is 29.4. The molecule has 0 saturated carbocycles. The number of hydrogen-bond acceptors (Lipinski definition) is 3. The maximum Gasteiger partial charge on any atom is 0.269 e. The normalized spacial score (nSPS) is 14.0. The van der Waals surface area contributed by atoms with Gasteiger partial charge < -0.3 is 8.97 Å². The van der Waals surface area contributed by atoms with E-state index in [9.17, 15) is 0 Å². The van der Waals surface area contributed by atoms with Crippen LogP contribution in [0.3, 0.4) is 0 Å². The van der Waals surface area contributed by atoms with E-state index in [1.165, 1.54) is 0 Å². The van der Waals surface area contributed by atoms with Crippen molar-refractivity contribution < 1.29 is 23.0 Å². The lowest BCUT2D eigenvalue weighted by Crippen LogP contribution is -2.59. The van der Waals surface area contributed by atoms with Crippen LogP contribution in [-0.4, -0.2) is 30.6 Å². The van der Waals surface area contributed by atoms with Crippen LogP contribution in [0.1, 0.15) is 13.7 Å². The number of nitrogens with zero attached hydrogens (tertiary/aromatic N) is 5. The number of rotatable bonds is 11. The fourth-order valence-electron chi connectivity index (χ4n) is 9.77. The number of aromatic nitrogens is 4. The molecule has 0 amide bonds. The van der Waals surface area contributed by atoms with Gasteiger partial charge >= 0.3 is 0 Å². The molecule has 0 saturated heterocycles. The first-order valence-electron chi connectivity index (χ1n) is 27.6. The summed E-state index contributed by atoms with van der Waals surface area (Å²) in [6, 6.07) is 41.9. The van der Waals surface area contributed by atoms with Crippen LogP contribution in [-0.2, 0) is 0 Å². The Hall–Kier alpha value is -7.79. The number of pyridine rings is 1. The zero-order valence-electron chi connectivity index (χ0n) is 48.6. The van der Waals surface area contributed by atoms with Gasteiger partial charge in [-0.1, -0.05) is 185 Å². The third kappa shape index (κ3) is 7.91. The van der Waals surface area contributed by atoms with Crippen LogP contribution in [0.2, 0.25) is 39.3 Å². The fourth-order valence-corrected chi connectivity index (χ4v) is 19.6. The van der Waals surface area contributed by atoms with Crippen LogP contribution in [0, 0.1) is 6.33 Å². The first kappa shape index (κ1) is 32.8. The molecule has 0 radical (unpaired) electrons. The summed E-state index contributed by atoms with van der Waals surface area (Å²) in [5.41, 5.74) is 7.39. The van der Waals surface area contributed by atoms with Gasteiger partial charge in [-0.2, -0.15) is 0 Å². The third-order valence-electron chi connectivity index (χ3n) is 12.1. The van der Waals surface area contributed by atoms with Crippen molar-refractivity contribution in [3.05, 3.63) is 219 Å². The molecule has 0 aliphatic heterocycles. The molecule has 8 heteroatoms. The second-order valence-corrected chi connectivity index (χ2v) is 28.7. The molecule has 3 heterocycles. The summed E-state index contributed by atoms with van der Waals surface area (Å²) in [6.45, 7) is 14.3. The molecule has 3 aromatic heterocycles. The van der Waals surface area contributed by atoms with Gasteiger partial charge in [0.05, 0.1) is 47.1 Å². The molecule has 0 fully saturated rings. The minimum Gasteiger partial charge on any atom is -0.458 e. The van der Waals surface area contributed by atoms with Crippen molar-refractivity contribution in [1.29, 1.82) is 0 Å². The topological polar surface area (TPSA) is 39.1 Å². The number of hydrogen-bond donors (Lipinski definition) is 0. The standard InChI is InChI=1S/C60H53N5OSi2/c1-67(2,3)65(68(4,5)6)48-36-37-61-59(40-48)64-55-35-32-46(43-20-10-7-11-21-43)38-54(55)53-34-33-50(41-58(53)64)66-49-27-18-26-47(39-49)62-42-63(57-31-17-16-30-56(57)62)60-51(44-22-12-8-13-23-44)28-19-29-52(60)45-24-14-9-15-25-45/h7-41H,1-6H3/i8D,9D,12D,13D,14D,15D,22D,23D,24D,25D. The molecule has 8 aromatic carbocycles. The van der Waals surface area contributed by atoms with E-state index in [0.717, 1.165) is 44.4 Å². The minimum absolute atomic E-state index is 0.130. The van der Waals surface area contributed by atoms with Crippen LogP contribution in [0.5, 0.6) is 11.5 Å². The van der Waals surface area contributed by atoms with E-state index < -0.39 is 76.9 Å². The Labute approximate surface area is 414 Å². The fraction of sp³-hybridized carbons (Fsp3) is 0.100. The lowest BCUT2D eigenvalue weighted by atomic mass is 9.95. The molecule has 0 spiro atoms. The number of imidazole rings is 1. The molecule has 0 bridgehead atoms.